The van der Waals surface area contributed by atoms with Crippen LogP contribution in [0.2, 0.25) is 0 Å². The Labute approximate surface area is 133 Å². The molecule has 23 heavy (non-hydrogen) atoms. The van der Waals surface area contributed by atoms with Gasteiger partial charge in [0.2, 0.25) is 11.6 Å². The number of rotatable bonds is 5. The van der Waals surface area contributed by atoms with Crippen molar-refractivity contribution in [3.63, 3.8) is 0 Å². The first kappa shape index (κ1) is 16.5. The molecule has 1 unspecified atom stereocenters. The Kier molecular flexibility index (Phi) is 4.95. The second-order valence-electron chi connectivity index (χ2n) is 4.98. The maximum Gasteiger partial charge on any atom is 0.362 e. The van der Waals surface area contributed by atoms with Crippen LogP contribution < -0.4 is 11.1 Å². The fourth-order valence-corrected chi connectivity index (χ4v) is 2.01. The van der Waals surface area contributed by atoms with Gasteiger partial charge >= 0.3 is 5.97 Å². The van der Waals surface area contributed by atoms with Gasteiger partial charge in [0.1, 0.15) is 6.04 Å². The molecule has 0 aliphatic heterocycles. The number of aromatic nitrogens is 3. The van der Waals surface area contributed by atoms with E-state index in [9.17, 15) is 9.59 Å². The van der Waals surface area contributed by atoms with E-state index in [-0.39, 0.29) is 17.4 Å². The predicted molar refractivity (Wildman–Crippen MR) is 84.9 cm³/mol. The standard InChI is InChI=1S/C15H19N5O3/c1-4-10-5-7-11(8-6-10)17-14(21)9(2)20-13(16)12(18-19-20)15(22)23-3/h5-9H,4,16H2,1-3H3,(H,17,21). The first-order valence-corrected chi connectivity index (χ1v) is 7.16. The Hall–Kier alpha value is -2.90. The number of carbonyl (C=O) groups is 2. The van der Waals surface area contributed by atoms with Crippen LogP contribution in [0, 0.1) is 0 Å². The van der Waals surface area contributed by atoms with E-state index < -0.39 is 12.0 Å². The lowest BCUT2D eigenvalue weighted by molar-refractivity contribution is -0.119. The third-order valence-corrected chi connectivity index (χ3v) is 3.49. The molecule has 0 bridgehead atoms. The van der Waals surface area contributed by atoms with E-state index in [0.717, 1.165) is 6.42 Å². The third kappa shape index (κ3) is 3.47. The summed E-state index contributed by atoms with van der Waals surface area (Å²) in [6, 6.07) is 6.81. The van der Waals surface area contributed by atoms with Gasteiger partial charge in [0.05, 0.1) is 7.11 Å². The zero-order valence-corrected chi connectivity index (χ0v) is 13.2. The van der Waals surface area contributed by atoms with Crippen LogP contribution in [-0.4, -0.2) is 34.0 Å². The fraction of sp³-hybridized carbons (Fsp3) is 0.333. The van der Waals surface area contributed by atoms with Gasteiger partial charge in [-0.25, -0.2) is 9.48 Å². The summed E-state index contributed by atoms with van der Waals surface area (Å²) in [5.74, 6) is -1.03. The van der Waals surface area contributed by atoms with E-state index in [4.69, 9.17) is 5.73 Å². The molecule has 0 aliphatic rings. The summed E-state index contributed by atoms with van der Waals surface area (Å²) < 4.78 is 5.74. The van der Waals surface area contributed by atoms with E-state index in [0.29, 0.717) is 5.69 Å². The number of nitrogens with one attached hydrogen (secondary N) is 1. The van der Waals surface area contributed by atoms with Gasteiger partial charge in [0.25, 0.3) is 0 Å². The number of methoxy groups -OCH3 is 1. The molecule has 2 rings (SSSR count). The summed E-state index contributed by atoms with van der Waals surface area (Å²) in [6.45, 7) is 3.67. The van der Waals surface area contributed by atoms with Crippen LogP contribution in [0.1, 0.15) is 35.9 Å². The molecule has 0 fully saturated rings. The third-order valence-electron chi connectivity index (χ3n) is 3.49. The lowest BCUT2D eigenvalue weighted by Crippen LogP contribution is -2.25. The van der Waals surface area contributed by atoms with Crippen molar-refractivity contribution in [2.75, 3.05) is 18.2 Å². The molecule has 8 nitrogen and oxygen atoms in total. The number of nitrogens with zero attached hydrogens (tertiary/aromatic N) is 3. The van der Waals surface area contributed by atoms with Crippen molar-refractivity contribution in [1.29, 1.82) is 0 Å². The molecule has 2 aromatic rings. The molecule has 1 heterocycles. The first-order valence-electron chi connectivity index (χ1n) is 7.16. The van der Waals surface area contributed by atoms with Crippen LogP contribution >= 0.6 is 0 Å². The Balaban J connectivity index is 2.13. The highest BCUT2D eigenvalue weighted by atomic mass is 16.5. The highest BCUT2D eigenvalue weighted by molar-refractivity contribution is 5.95. The van der Waals surface area contributed by atoms with Crippen LogP contribution in [0.3, 0.4) is 0 Å². The van der Waals surface area contributed by atoms with Crippen LogP contribution in [0.4, 0.5) is 11.5 Å². The number of aryl methyl sites for hydroxylation is 1. The normalized spacial score (nSPS) is 11.8. The van der Waals surface area contributed by atoms with Gasteiger partial charge in [0.15, 0.2) is 5.82 Å². The first-order chi connectivity index (χ1) is 11.0. The van der Waals surface area contributed by atoms with Crippen molar-refractivity contribution in [2.45, 2.75) is 26.3 Å². The lowest BCUT2D eigenvalue weighted by Gasteiger charge is -2.13. The second kappa shape index (κ2) is 6.91. The number of ether oxygens (including phenoxy) is 1. The van der Waals surface area contributed by atoms with Crippen molar-refractivity contribution < 1.29 is 14.3 Å². The Morgan fingerprint density at radius 2 is 2.00 bits per heavy atom. The van der Waals surface area contributed by atoms with Gasteiger partial charge in [-0.15, -0.1) is 5.10 Å². The largest absolute Gasteiger partial charge is 0.464 e. The van der Waals surface area contributed by atoms with Crippen LogP contribution in [-0.2, 0) is 16.0 Å². The molecular formula is C15H19N5O3. The summed E-state index contributed by atoms with van der Waals surface area (Å²) in [5.41, 5.74) is 7.55. The smallest absolute Gasteiger partial charge is 0.362 e. The van der Waals surface area contributed by atoms with Crippen molar-refractivity contribution in [3.05, 3.63) is 35.5 Å². The van der Waals surface area contributed by atoms with E-state index in [1.165, 1.54) is 17.4 Å². The molecule has 1 aromatic carbocycles. The van der Waals surface area contributed by atoms with E-state index in [1.807, 2.05) is 24.3 Å². The van der Waals surface area contributed by atoms with E-state index in [2.05, 4.69) is 27.3 Å². The van der Waals surface area contributed by atoms with E-state index in [1.54, 1.807) is 6.92 Å². The minimum absolute atomic E-state index is 0.0131. The molecule has 0 saturated heterocycles. The summed E-state index contributed by atoms with van der Waals surface area (Å²) >= 11 is 0. The van der Waals surface area contributed by atoms with Crippen LogP contribution in [0.25, 0.3) is 0 Å². The van der Waals surface area contributed by atoms with E-state index >= 15 is 0 Å². The SMILES string of the molecule is CCc1ccc(NC(=O)C(C)n2nnc(C(=O)OC)c2N)cc1. The molecule has 0 radical (unpaired) electrons. The second-order valence-corrected chi connectivity index (χ2v) is 4.98. The minimum Gasteiger partial charge on any atom is -0.464 e. The van der Waals surface area contributed by atoms with Gasteiger partial charge in [-0.3, -0.25) is 4.79 Å². The maximum absolute atomic E-state index is 12.3. The summed E-state index contributed by atoms with van der Waals surface area (Å²) in [7, 11) is 1.22. The van der Waals surface area contributed by atoms with Crippen LogP contribution in [0.5, 0.6) is 0 Å². The topological polar surface area (TPSA) is 112 Å². The number of esters is 1. The van der Waals surface area contributed by atoms with Crippen molar-refractivity contribution in [1.82, 2.24) is 15.0 Å². The Morgan fingerprint density at radius 3 is 2.57 bits per heavy atom. The summed E-state index contributed by atoms with van der Waals surface area (Å²) in [5, 5.41) is 10.2. The number of amides is 1. The molecule has 0 saturated carbocycles. The number of carbonyl (C=O) groups excluding carboxylic acids is 2. The number of anilines is 2. The van der Waals surface area contributed by atoms with Gasteiger partial charge in [-0.1, -0.05) is 24.3 Å². The molecule has 8 heteroatoms. The molecule has 1 atom stereocenters. The van der Waals surface area contributed by atoms with Crippen molar-refractivity contribution in [3.8, 4) is 0 Å². The monoisotopic (exact) mass is 317 g/mol. The Morgan fingerprint density at radius 1 is 1.35 bits per heavy atom. The lowest BCUT2D eigenvalue weighted by atomic mass is 10.1. The average Bonchev–Trinajstić information content (AvgIpc) is 2.95. The molecule has 0 aliphatic carbocycles. The van der Waals surface area contributed by atoms with Crippen molar-refractivity contribution >= 4 is 23.4 Å². The molecule has 122 valence electrons. The van der Waals surface area contributed by atoms with Gasteiger partial charge < -0.3 is 15.8 Å². The number of nitrogen functional groups attached to an aromatic ring is 1. The molecule has 1 aromatic heterocycles. The fourth-order valence-electron chi connectivity index (χ4n) is 2.01. The summed E-state index contributed by atoms with van der Waals surface area (Å²) in [4.78, 5) is 23.8. The molecule has 0 spiro atoms. The zero-order valence-electron chi connectivity index (χ0n) is 13.2. The molecule has 3 N–H and O–H groups in total. The number of hydrogen-bond donors (Lipinski definition) is 2. The maximum atomic E-state index is 12.3. The number of hydrogen-bond acceptors (Lipinski definition) is 6. The Bertz CT molecular complexity index is 708. The van der Waals surface area contributed by atoms with Crippen LogP contribution in [0.15, 0.2) is 24.3 Å². The highest BCUT2D eigenvalue weighted by Gasteiger charge is 2.24. The predicted octanol–water partition coefficient (Wildman–Crippen LogP) is 1.41. The average molecular weight is 317 g/mol. The quantitative estimate of drug-likeness (QED) is 0.806. The van der Waals surface area contributed by atoms with Crippen molar-refractivity contribution in [2.24, 2.45) is 0 Å². The molecule has 1 amide bonds. The zero-order chi connectivity index (χ0) is 17.0. The summed E-state index contributed by atoms with van der Waals surface area (Å²) in [6.07, 6.45) is 0.927. The highest BCUT2D eigenvalue weighted by Crippen LogP contribution is 2.17. The number of benzene rings is 1. The van der Waals surface area contributed by atoms with Gasteiger partial charge in [0, 0.05) is 5.69 Å². The van der Waals surface area contributed by atoms with Gasteiger partial charge in [-0.2, -0.15) is 0 Å². The molecular weight excluding hydrogens is 298 g/mol. The number of nitrogens with two attached hydrogens (primary N) is 1. The minimum atomic E-state index is -0.730. The van der Waals surface area contributed by atoms with Gasteiger partial charge in [-0.05, 0) is 31.0 Å².